The summed E-state index contributed by atoms with van der Waals surface area (Å²) in [6, 6.07) is 0. The average molecular weight is 1500 g/mol. The average Bonchev–Trinajstić information content (AvgIpc) is 0.767. The van der Waals surface area contributed by atoms with Gasteiger partial charge in [0.05, 0.1) is 112 Å². The van der Waals surface area contributed by atoms with E-state index in [0.29, 0.717) is 97.3 Å². The molecule has 2 aromatic rings. The number of benzene rings is 2. The number of fused-ring (bicyclic) bond motifs is 2. The van der Waals surface area contributed by atoms with E-state index in [0.717, 1.165) is 136 Å². The largest absolute Gasteiger partial charge is 0.487 e. The van der Waals surface area contributed by atoms with Gasteiger partial charge in [-0.25, -0.2) is 0 Å². The number of carbonyl (C=O) groups is 4. The second kappa shape index (κ2) is 57.4. The first kappa shape index (κ1) is 98.3. The van der Waals surface area contributed by atoms with Crippen molar-refractivity contribution in [3.63, 3.8) is 0 Å². The zero-order valence-corrected chi connectivity index (χ0v) is 67.9. The molecule has 0 aromatic heterocycles. The third-order valence-corrected chi connectivity index (χ3v) is 20.2. The summed E-state index contributed by atoms with van der Waals surface area (Å²) in [5, 5.41) is 23.9. The maximum Gasteiger partial charge on any atom is 0.311 e. The van der Waals surface area contributed by atoms with E-state index in [1.165, 1.54) is 96.3 Å². The number of carboxylic acids is 1. The van der Waals surface area contributed by atoms with E-state index < -0.39 is 23.9 Å². The molecule has 0 radical (unpaired) electrons. The Morgan fingerprint density at radius 2 is 0.745 bits per heavy atom. The molecule has 0 amide bonds. The summed E-state index contributed by atoms with van der Waals surface area (Å²) in [6.45, 7) is 40.9. The molecular weight excluding hydrogens is 1350 g/mol. The van der Waals surface area contributed by atoms with Gasteiger partial charge in [-0.2, -0.15) is 0 Å². The highest BCUT2D eigenvalue weighted by molar-refractivity contribution is 5.80. The van der Waals surface area contributed by atoms with Crippen LogP contribution < -0.4 is 18.9 Å². The van der Waals surface area contributed by atoms with Crippen molar-refractivity contribution in [3.05, 3.63) is 65.4 Å². The van der Waals surface area contributed by atoms with Gasteiger partial charge in [0.25, 0.3) is 0 Å². The van der Waals surface area contributed by atoms with Gasteiger partial charge in [-0.1, -0.05) is 163 Å². The molecule has 106 heavy (non-hydrogen) atoms. The molecule has 0 saturated carbocycles. The number of nitrogens with zero attached hydrogens (tertiary/aromatic N) is 6. The maximum atomic E-state index is 12.8. The number of hydrogen-bond acceptors (Lipinski definition) is 18. The van der Waals surface area contributed by atoms with Gasteiger partial charge in [-0.05, 0) is 187 Å². The molecule has 6 atom stereocenters. The lowest BCUT2D eigenvalue weighted by Crippen LogP contribution is -2.37. The predicted molar refractivity (Wildman–Crippen MR) is 421 cm³/mol. The predicted octanol–water partition coefficient (Wildman–Crippen LogP) is 19.6. The Balaban J connectivity index is 0.000000906. The summed E-state index contributed by atoms with van der Waals surface area (Å²) in [4.78, 5) is 53.3. The number of hydrogen-bond donors (Lipinski definition) is 2. The first-order valence-electron chi connectivity index (χ1n) is 39.6. The first-order chi connectivity index (χ1) is 50.1. The van der Waals surface area contributed by atoms with E-state index in [4.69, 9.17) is 73.4 Å². The third-order valence-electron chi connectivity index (χ3n) is 20.2. The molecule has 0 unspecified atom stereocenters. The van der Waals surface area contributed by atoms with E-state index in [1.54, 1.807) is 0 Å². The van der Waals surface area contributed by atoms with Crippen LogP contribution in [-0.4, -0.2) is 151 Å². The number of aliphatic hydroxyl groups is 1. The minimum Gasteiger partial charge on any atom is -0.487 e. The van der Waals surface area contributed by atoms with Crippen LogP contribution in [0.5, 0.6) is 23.0 Å². The normalized spacial score (nSPS) is 16.1. The fraction of sp³-hybridized carbons (Fsp3) is 0.807. The Morgan fingerprint density at radius 1 is 0.434 bits per heavy atom. The van der Waals surface area contributed by atoms with Crippen LogP contribution in [0.3, 0.4) is 0 Å². The van der Waals surface area contributed by atoms with Crippen molar-refractivity contribution in [3.8, 4) is 23.0 Å². The molecule has 2 heterocycles. The van der Waals surface area contributed by atoms with E-state index in [9.17, 15) is 19.2 Å². The van der Waals surface area contributed by atoms with E-state index in [1.807, 2.05) is 41.5 Å². The van der Waals surface area contributed by atoms with Crippen molar-refractivity contribution in [2.75, 3.05) is 106 Å². The molecule has 2 aromatic carbocycles. The highest BCUT2D eigenvalue weighted by Crippen LogP contribution is 2.47. The number of aliphatic carboxylic acids is 1. The molecule has 23 heteroatoms. The van der Waals surface area contributed by atoms with Crippen LogP contribution in [0.1, 0.15) is 275 Å². The molecule has 2 aliphatic rings. The standard InChI is InChI=1S/C41H69N3O8.C33H54O5.C8H17N3O4.CH4/c1-30(2)12-9-13-31(3)14-10-15-32(4)16-11-20-41(8)21-19-36-35(7)39(33(5)34(6)40(36)52-41)51-38(46)18-17-37(45)50-29-28-49-27-26-48-25-24-47-23-22-43-44-42;1-22(2)12-9-13-23(3)14-10-15-24(4)16-11-20-33(8)21-19-28-27(7)31(25(5)26(6)32(28)38-33)37-30(36)18-17-29(34)35;9-11-10-1-3-13-5-7-15-8-6-14-4-2-12;/h30-32H,9-29H2,1-8H3;22-24H,9-21H2,1-8H3,(H,34,35);12H,1-8H2;1H4/t31-,32-,41-;23-,24-,33-;;/m11../s1. The Kier molecular flexibility index (Phi) is 53.2. The van der Waals surface area contributed by atoms with Crippen molar-refractivity contribution in [2.45, 2.75) is 296 Å². The van der Waals surface area contributed by atoms with Gasteiger partial charge in [0, 0.05) is 34.0 Å². The molecule has 0 saturated heterocycles. The van der Waals surface area contributed by atoms with Gasteiger partial charge >= 0.3 is 23.9 Å². The SMILES string of the molecule is C.Cc1c(C)c2c(c(C)c1OC(=O)CCC(=O)O)CC[C@@](C)(CCC[C@H](C)CCC[C@H](C)CCCC(C)C)O2.Cc1c(C)c2c(c(C)c1OC(=O)CCC(=O)OCCOCCOCCOCCN=[N+]=[N-])CC[C@@](C)(CCC[C@H](C)CCC[C@H](C)CCCC(C)C)O2.[N-]=[N+]=NCCOCCOCCOCCO. The van der Waals surface area contributed by atoms with E-state index in [-0.39, 0.29) is 64.1 Å². The van der Waals surface area contributed by atoms with Crippen molar-refractivity contribution in [1.82, 2.24) is 0 Å². The lowest BCUT2D eigenvalue weighted by molar-refractivity contribution is -0.148. The number of rotatable bonds is 55. The number of carboxylic acid groups (broad SMARTS) is 1. The molecule has 0 fully saturated rings. The quantitative estimate of drug-likeness (QED) is 0.0155. The van der Waals surface area contributed by atoms with E-state index >= 15 is 0 Å². The Morgan fingerprint density at radius 3 is 1.08 bits per heavy atom. The molecule has 2 aliphatic heterocycles. The molecule has 23 nitrogen and oxygen atoms in total. The summed E-state index contributed by atoms with van der Waals surface area (Å²) in [5.41, 5.74) is 23.7. The number of carbonyl (C=O) groups excluding carboxylic acids is 3. The number of aliphatic hydroxyl groups excluding tert-OH is 1. The highest BCUT2D eigenvalue weighted by atomic mass is 16.6. The fourth-order valence-corrected chi connectivity index (χ4v) is 13.3. The zero-order chi connectivity index (χ0) is 78.0. The Hall–Kier alpha value is -5.74. The topological polar surface area (TPSA) is 308 Å². The van der Waals surface area contributed by atoms with Gasteiger partial charge < -0.3 is 62.3 Å². The lowest BCUT2D eigenvalue weighted by Gasteiger charge is -2.38. The Labute approximate surface area is 638 Å². The summed E-state index contributed by atoms with van der Waals surface area (Å²) in [7, 11) is 0. The number of azide groups is 2. The second-order valence-electron chi connectivity index (χ2n) is 30.7. The van der Waals surface area contributed by atoms with Crippen molar-refractivity contribution in [2.24, 2.45) is 45.7 Å². The summed E-state index contributed by atoms with van der Waals surface area (Å²) in [6.07, 6.45) is 26.2. The van der Waals surface area contributed by atoms with E-state index in [2.05, 4.69) is 89.3 Å². The van der Waals surface area contributed by atoms with Gasteiger partial charge in [0.15, 0.2) is 0 Å². The number of ether oxygens (including phenoxy) is 11. The van der Waals surface area contributed by atoms with Crippen molar-refractivity contribution in [1.29, 1.82) is 0 Å². The minimum atomic E-state index is -0.999. The van der Waals surface area contributed by atoms with Crippen LogP contribution in [0.2, 0.25) is 0 Å². The van der Waals surface area contributed by atoms with Crippen LogP contribution in [-0.2, 0) is 65.2 Å². The second-order valence-corrected chi connectivity index (χ2v) is 30.7. The molecule has 608 valence electrons. The summed E-state index contributed by atoms with van der Waals surface area (Å²) < 4.78 is 61.4. The molecule has 0 bridgehead atoms. The van der Waals surface area contributed by atoms with Crippen molar-refractivity contribution < 1.29 is 81.5 Å². The third kappa shape index (κ3) is 42.9. The Bertz CT molecular complexity index is 2900. The van der Waals surface area contributed by atoms with Gasteiger partial charge in [0.2, 0.25) is 0 Å². The van der Waals surface area contributed by atoms with Crippen LogP contribution in [0.15, 0.2) is 10.2 Å². The molecular formula is C83H144N6O17. The highest BCUT2D eigenvalue weighted by Gasteiger charge is 2.37. The first-order valence-corrected chi connectivity index (χ1v) is 39.6. The van der Waals surface area contributed by atoms with Gasteiger partial charge in [-0.3, -0.25) is 19.2 Å². The molecule has 0 spiro atoms. The van der Waals surface area contributed by atoms with Gasteiger partial charge in [0.1, 0.15) is 40.8 Å². The monoisotopic (exact) mass is 1500 g/mol. The maximum absolute atomic E-state index is 12.8. The van der Waals surface area contributed by atoms with Crippen LogP contribution in [0, 0.1) is 77.0 Å². The van der Waals surface area contributed by atoms with Crippen LogP contribution in [0.4, 0.5) is 0 Å². The smallest absolute Gasteiger partial charge is 0.311 e. The molecule has 0 aliphatic carbocycles. The lowest BCUT2D eigenvalue weighted by atomic mass is 9.83. The van der Waals surface area contributed by atoms with Gasteiger partial charge in [-0.15, -0.1) is 0 Å². The van der Waals surface area contributed by atoms with Crippen LogP contribution in [0.25, 0.3) is 20.9 Å². The van der Waals surface area contributed by atoms with Crippen molar-refractivity contribution >= 4 is 23.9 Å². The minimum absolute atomic E-state index is 0. The number of esters is 3. The van der Waals surface area contributed by atoms with Crippen LogP contribution >= 0.6 is 0 Å². The molecule has 4 rings (SSSR count). The summed E-state index contributed by atoms with van der Waals surface area (Å²) in [5.74, 6) is 5.37. The fourth-order valence-electron chi connectivity index (χ4n) is 13.3. The summed E-state index contributed by atoms with van der Waals surface area (Å²) >= 11 is 0. The zero-order valence-electron chi connectivity index (χ0n) is 67.9. The molecule has 2 N–H and O–H groups in total.